The number of amides is 1. The van der Waals surface area contributed by atoms with E-state index in [1.165, 1.54) is 4.90 Å². The summed E-state index contributed by atoms with van der Waals surface area (Å²) in [4.78, 5) is 30.2. The highest BCUT2D eigenvalue weighted by Crippen LogP contribution is 2.33. The maximum atomic E-state index is 14.6. The first-order valence-corrected chi connectivity index (χ1v) is 8.81. The molecule has 11 heteroatoms. The number of ether oxygens (including phenoxy) is 1. The van der Waals surface area contributed by atoms with Crippen LogP contribution in [0.4, 0.5) is 8.78 Å². The van der Waals surface area contributed by atoms with Crippen molar-refractivity contribution in [1.29, 1.82) is 0 Å². The van der Waals surface area contributed by atoms with Gasteiger partial charge in [0.1, 0.15) is 0 Å². The predicted octanol–water partition coefficient (Wildman–Crippen LogP) is 1.92. The third-order valence-corrected chi connectivity index (χ3v) is 4.73. The van der Waals surface area contributed by atoms with Crippen LogP contribution < -0.4 is 4.74 Å². The molecule has 158 valence electrons. The number of aromatic nitrogens is 4. The van der Waals surface area contributed by atoms with Crippen LogP contribution in [0.3, 0.4) is 0 Å². The van der Waals surface area contributed by atoms with Gasteiger partial charge in [-0.2, -0.15) is 5.10 Å². The number of nitrogens with zero attached hydrogens (tertiary/aromatic N) is 4. The van der Waals surface area contributed by atoms with E-state index in [4.69, 9.17) is 14.6 Å². The molecule has 9 nitrogen and oxygen atoms in total. The number of carboxylic acid groups (broad SMARTS) is 1. The Hall–Kier alpha value is -3.76. The van der Waals surface area contributed by atoms with Crippen molar-refractivity contribution >= 4 is 12.4 Å². The summed E-state index contributed by atoms with van der Waals surface area (Å²) in [6.45, 7) is 0.311. The average molecular weight is 419 g/mol. The normalized spacial score (nSPS) is 15.1. The van der Waals surface area contributed by atoms with Gasteiger partial charge in [0.05, 0.1) is 43.1 Å². The lowest BCUT2D eigenvalue weighted by Gasteiger charge is -2.32. The summed E-state index contributed by atoms with van der Waals surface area (Å²) in [6, 6.07) is 2.16. The van der Waals surface area contributed by atoms with Crippen LogP contribution in [-0.2, 0) is 18.4 Å². The molecule has 0 bridgehead atoms. The van der Waals surface area contributed by atoms with Gasteiger partial charge in [0, 0.05) is 31.3 Å². The quantitative estimate of drug-likeness (QED) is 0.627. The van der Waals surface area contributed by atoms with Crippen LogP contribution >= 0.6 is 0 Å². The van der Waals surface area contributed by atoms with E-state index < -0.39 is 23.3 Å². The number of halogens is 2. The number of benzene rings is 1. The molecule has 30 heavy (non-hydrogen) atoms. The van der Waals surface area contributed by atoms with Crippen molar-refractivity contribution in [3.05, 3.63) is 65.0 Å². The van der Waals surface area contributed by atoms with Gasteiger partial charge >= 0.3 is 0 Å². The molecule has 0 fully saturated rings. The van der Waals surface area contributed by atoms with Crippen LogP contribution in [0.25, 0.3) is 0 Å². The highest BCUT2D eigenvalue weighted by Gasteiger charge is 2.34. The summed E-state index contributed by atoms with van der Waals surface area (Å²) < 4.78 is 34.6. The van der Waals surface area contributed by atoms with E-state index in [0.717, 1.165) is 36.2 Å². The zero-order valence-electron chi connectivity index (χ0n) is 16.2. The second-order valence-electron chi connectivity index (χ2n) is 6.50. The number of carbonyl (C=O) groups is 2. The summed E-state index contributed by atoms with van der Waals surface area (Å²) in [6.07, 6.45) is 5.15. The van der Waals surface area contributed by atoms with Crippen LogP contribution in [0.1, 0.15) is 33.2 Å². The molecular formula is C19H19F2N5O4. The topological polar surface area (TPSA) is 113 Å². The number of imidazole rings is 1. The first-order chi connectivity index (χ1) is 14.4. The first-order valence-electron chi connectivity index (χ1n) is 8.81. The van der Waals surface area contributed by atoms with Crippen molar-refractivity contribution in [3.63, 3.8) is 0 Å². The molecule has 4 rings (SSSR count). The zero-order chi connectivity index (χ0) is 21.8. The van der Waals surface area contributed by atoms with Gasteiger partial charge in [-0.15, -0.1) is 0 Å². The molecule has 0 radical (unpaired) electrons. The Labute approximate surface area is 169 Å². The highest BCUT2D eigenvalue weighted by molar-refractivity contribution is 5.95. The van der Waals surface area contributed by atoms with E-state index in [2.05, 4.69) is 15.1 Å². The minimum Gasteiger partial charge on any atom is -0.491 e. The number of nitrogens with one attached hydrogen (secondary N) is 1. The van der Waals surface area contributed by atoms with Crippen LogP contribution in [0, 0.1) is 11.6 Å². The lowest BCUT2D eigenvalue weighted by atomic mass is 9.92. The fourth-order valence-corrected chi connectivity index (χ4v) is 3.41. The number of rotatable bonds is 3. The fourth-order valence-electron chi connectivity index (χ4n) is 3.41. The Balaban J connectivity index is 0.000000806. The van der Waals surface area contributed by atoms with Gasteiger partial charge in [0.15, 0.2) is 17.4 Å². The molecule has 2 N–H and O–H groups in total. The van der Waals surface area contributed by atoms with Gasteiger partial charge in [0.25, 0.3) is 12.4 Å². The van der Waals surface area contributed by atoms with Crippen LogP contribution in [-0.4, -0.2) is 55.8 Å². The molecule has 2 aromatic heterocycles. The van der Waals surface area contributed by atoms with Crippen LogP contribution in [0.15, 0.2) is 30.9 Å². The molecule has 1 aliphatic rings. The number of H-pyrrole nitrogens is 1. The van der Waals surface area contributed by atoms with E-state index in [0.29, 0.717) is 6.54 Å². The van der Waals surface area contributed by atoms with E-state index in [-0.39, 0.29) is 24.5 Å². The van der Waals surface area contributed by atoms with E-state index in [9.17, 15) is 13.6 Å². The molecule has 1 aromatic carbocycles. The molecule has 0 saturated heterocycles. The molecule has 3 aromatic rings. The molecule has 1 atom stereocenters. The Kier molecular flexibility index (Phi) is 6.09. The van der Waals surface area contributed by atoms with Gasteiger partial charge < -0.3 is 19.7 Å². The molecular weight excluding hydrogens is 400 g/mol. The lowest BCUT2D eigenvalue weighted by molar-refractivity contribution is -0.122. The monoisotopic (exact) mass is 419 g/mol. The minimum atomic E-state index is -1.00. The van der Waals surface area contributed by atoms with Gasteiger partial charge in [0.2, 0.25) is 0 Å². The lowest BCUT2D eigenvalue weighted by Crippen LogP contribution is -2.39. The third-order valence-electron chi connectivity index (χ3n) is 4.73. The Bertz CT molecular complexity index is 1070. The zero-order valence-corrected chi connectivity index (χ0v) is 16.2. The Morgan fingerprint density at radius 1 is 1.40 bits per heavy atom. The largest absolute Gasteiger partial charge is 0.491 e. The number of methoxy groups -OCH3 is 1. The average Bonchev–Trinajstić information content (AvgIpc) is 3.36. The Morgan fingerprint density at radius 2 is 2.13 bits per heavy atom. The minimum absolute atomic E-state index is 0.192. The molecule has 1 amide bonds. The van der Waals surface area contributed by atoms with E-state index in [1.807, 2.05) is 6.20 Å². The van der Waals surface area contributed by atoms with Crippen LogP contribution in [0.2, 0.25) is 0 Å². The second-order valence-corrected chi connectivity index (χ2v) is 6.50. The molecule has 0 saturated carbocycles. The smallest absolute Gasteiger partial charge is 0.290 e. The van der Waals surface area contributed by atoms with Gasteiger partial charge in [-0.25, -0.2) is 13.8 Å². The number of carbonyl (C=O) groups excluding carboxylic acids is 1. The fraction of sp³-hybridized carbons (Fsp3) is 0.263. The summed E-state index contributed by atoms with van der Waals surface area (Å²) in [5, 5.41) is 11.1. The third kappa shape index (κ3) is 3.86. The number of fused-ring (bicyclic) bond motifs is 1. The SMILES string of the molecule is COc1c(F)ccc(C(=O)N2Cc3[nH]cnc3C(c3cnn(C)c3)C2)c1F.O=CO. The van der Waals surface area contributed by atoms with Crippen molar-refractivity contribution in [2.24, 2.45) is 7.05 Å². The molecule has 1 aliphatic heterocycles. The molecule has 0 aliphatic carbocycles. The number of hydrogen-bond donors (Lipinski definition) is 2. The molecule has 0 spiro atoms. The Morgan fingerprint density at radius 3 is 2.77 bits per heavy atom. The maximum absolute atomic E-state index is 14.6. The number of hydrogen-bond acceptors (Lipinski definition) is 5. The van der Waals surface area contributed by atoms with Crippen molar-refractivity contribution in [2.45, 2.75) is 12.5 Å². The second kappa shape index (κ2) is 8.72. The standard InChI is InChI=1S/C18H17F2N5O2.CH2O2/c1-24-6-10(5-23-24)12-7-25(8-14-16(12)22-9-21-14)18(26)11-3-4-13(19)17(27-2)15(11)20;2-1-3/h3-6,9,12H,7-8H2,1-2H3,(H,21,22);1H,(H,2,3). The van der Waals surface area contributed by atoms with E-state index >= 15 is 0 Å². The van der Waals surface area contributed by atoms with Gasteiger partial charge in [-0.1, -0.05) is 0 Å². The van der Waals surface area contributed by atoms with Crippen molar-refractivity contribution in [3.8, 4) is 5.75 Å². The summed E-state index contributed by atoms with van der Waals surface area (Å²) in [7, 11) is 2.97. The number of aromatic amines is 1. The molecule has 1 unspecified atom stereocenters. The van der Waals surface area contributed by atoms with Crippen molar-refractivity contribution < 1.29 is 28.2 Å². The van der Waals surface area contributed by atoms with E-state index in [1.54, 1.807) is 24.3 Å². The first kappa shape index (κ1) is 21.0. The highest BCUT2D eigenvalue weighted by atomic mass is 19.1. The summed E-state index contributed by atoms with van der Waals surface area (Å²) in [5.41, 5.74) is 2.28. The van der Waals surface area contributed by atoms with Crippen LogP contribution in [0.5, 0.6) is 5.75 Å². The van der Waals surface area contributed by atoms with Gasteiger partial charge in [-0.3, -0.25) is 14.3 Å². The summed E-state index contributed by atoms with van der Waals surface area (Å²) in [5.74, 6) is -3.16. The van der Waals surface area contributed by atoms with Gasteiger partial charge in [-0.05, 0) is 12.1 Å². The van der Waals surface area contributed by atoms with Crippen molar-refractivity contribution in [1.82, 2.24) is 24.6 Å². The summed E-state index contributed by atoms with van der Waals surface area (Å²) >= 11 is 0. The molecule has 3 heterocycles. The van der Waals surface area contributed by atoms with Crippen molar-refractivity contribution in [2.75, 3.05) is 13.7 Å². The maximum Gasteiger partial charge on any atom is 0.290 e. The number of aryl methyl sites for hydroxylation is 1. The predicted molar refractivity (Wildman–Crippen MR) is 100.0 cm³/mol.